The zero-order valence-corrected chi connectivity index (χ0v) is 20.7. The molecule has 0 radical (unpaired) electrons. The summed E-state index contributed by atoms with van der Waals surface area (Å²) in [6.07, 6.45) is 0. The highest BCUT2D eigenvalue weighted by atomic mass is 16.5. The third kappa shape index (κ3) is 4.45. The molecule has 0 saturated carbocycles. The first-order valence-corrected chi connectivity index (χ1v) is 12.0. The van der Waals surface area contributed by atoms with Crippen LogP contribution in [0.5, 0.6) is 6.01 Å². The van der Waals surface area contributed by atoms with Crippen LogP contribution >= 0.6 is 0 Å². The molecule has 3 aromatic carbocycles. The molecule has 0 aliphatic carbocycles. The molecule has 2 heterocycles. The highest BCUT2D eigenvalue weighted by molar-refractivity contribution is 6.02. The lowest BCUT2D eigenvalue weighted by Gasteiger charge is -2.12. The smallest absolute Gasteiger partial charge is 0.465 e. The molecular weight excluding hydrogens is 490 g/mol. The molecule has 0 unspecified atom stereocenters. The molecule has 0 fully saturated rings. The van der Waals surface area contributed by atoms with Gasteiger partial charge in [-0.15, -0.1) is 9.58 Å². The second-order valence-corrected chi connectivity index (χ2v) is 8.22. The van der Waals surface area contributed by atoms with E-state index in [-0.39, 0.29) is 12.4 Å². The number of fused-ring (bicyclic) bond motifs is 1. The van der Waals surface area contributed by atoms with Gasteiger partial charge in [-0.3, -0.25) is 9.09 Å². The van der Waals surface area contributed by atoms with Crippen molar-refractivity contribution in [3.63, 3.8) is 0 Å². The molecule has 0 aliphatic heterocycles. The number of rotatable bonds is 9. The van der Waals surface area contributed by atoms with E-state index in [1.165, 1.54) is 0 Å². The maximum atomic E-state index is 12.7. The normalized spacial score (nSPS) is 11.0. The Morgan fingerprint density at radius 1 is 0.974 bits per heavy atom. The van der Waals surface area contributed by atoms with E-state index in [0.29, 0.717) is 46.0 Å². The highest BCUT2D eigenvalue weighted by Crippen LogP contribution is 2.32. The minimum Gasteiger partial charge on any atom is -0.465 e. The fourth-order valence-electron chi connectivity index (χ4n) is 4.31. The van der Waals surface area contributed by atoms with Crippen molar-refractivity contribution in [2.45, 2.75) is 20.4 Å². The third-order valence-electron chi connectivity index (χ3n) is 5.94. The lowest BCUT2D eigenvalue weighted by atomic mass is 9.98. The average molecular weight is 514 g/mol. The fourth-order valence-corrected chi connectivity index (χ4v) is 4.31. The number of carbonyl (C=O) groups is 1. The molecular formula is C27H23N5O6. The molecule has 192 valence electrons. The number of nitrogens with zero attached hydrogens (tertiary/aromatic N) is 5. The predicted octanol–water partition coefficient (Wildman–Crippen LogP) is 4.67. The molecule has 5 rings (SSSR count). The van der Waals surface area contributed by atoms with Crippen molar-refractivity contribution in [3.05, 3.63) is 93.3 Å². The van der Waals surface area contributed by atoms with Gasteiger partial charge in [0, 0.05) is 5.56 Å². The zero-order chi connectivity index (χ0) is 26.6. The predicted molar refractivity (Wildman–Crippen MR) is 139 cm³/mol. The van der Waals surface area contributed by atoms with E-state index in [2.05, 4.69) is 19.9 Å². The van der Waals surface area contributed by atoms with Crippen LogP contribution in [0.25, 0.3) is 33.5 Å². The Hall–Kier alpha value is -5.06. The van der Waals surface area contributed by atoms with Crippen LogP contribution in [-0.2, 0) is 11.3 Å². The summed E-state index contributed by atoms with van der Waals surface area (Å²) in [7, 11) is 0. The van der Waals surface area contributed by atoms with Crippen molar-refractivity contribution in [1.82, 2.24) is 19.4 Å². The summed E-state index contributed by atoms with van der Waals surface area (Å²) in [6, 6.07) is 20.6. The van der Waals surface area contributed by atoms with Gasteiger partial charge in [-0.2, -0.15) is 4.98 Å². The summed E-state index contributed by atoms with van der Waals surface area (Å²) >= 11 is 0. The first-order chi connectivity index (χ1) is 18.5. The SMILES string of the molecule is CCOC(=O)c1cccc2nc(OCC)n(Cc3ccc(-c4ccccc4-c4noc(=O)n4N=O)cc3)c12. The summed E-state index contributed by atoms with van der Waals surface area (Å²) in [5.41, 5.74) is 4.68. The van der Waals surface area contributed by atoms with Gasteiger partial charge in [-0.05, 0) is 42.7 Å². The van der Waals surface area contributed by atoms with Crippen LogP contribution in [0.2, 0.25) is 0 Å². The first kappa shape index (κ1) is 24.6. The van der Waals surface area contributed by atoms with E-state index in [1.54, 1.807) is 31.2 Å². The molecule has 0 aliphatic rings. The van der Waals surface area contributed by atoms with Crippen LogP contribution in [0.1, 0.15) is 29.8 Å². The Labute approximate surface area is 216 Å². The molecule has 0 saturated heterocycles. The van der Waals surface area contributed by atoms with Crippen LogP contribution < -0.4 is 10.5 Å². The van der Waals surface area contributed by atoms with E-state index in [9.17, 15) is 14.5 Å². The maximum absolute atomic E-state index is 12.7. The molecule has 11 nitrogen and oxygen atoms in total. The maximum Gasteiger partial charge on any atom is 0.465 e. The van der Waals surface area contributed by atoms with Crippen LogP contribution in [0, 0.1) is 4.91 Å². The quantitative estimate of drug-likeness (QED) is 0.205. The molecule has 5 aromatic rings. The zero-order valence-electron chi connectivity index (χ0n) is 20.7. The number of benzene rings is 3. The van der Waals surface area contributed by atoms with Crippen molar-refractivity contribution < 1.29 is 18.8 Å². The van der Waals surface area contributed by atoms with Crippen molar-refractivity contribution in [2.75, 3.05) is 13.2 Å². The van der Waals surface area contributed by atoms with E-state index in [0.717, 1.165) is 16.7 Å². The molecule has 2 aromatic heterocycles. The van der Waals surface area contributed by atoms with Gasteiger partial charge < -0.3 is 9.47 Å². The first-order valence-electron chi connectivity index (χ1n) is 12.0. The summed E-state index contributed by atoms with van der Waals surface area (Å²) in [4.78, 5) is 40.2. The molecule has 0 N–H and O–H groups in total. The molecule has 0 atom stereocenters. The van der Waals surface area contributed by atoms with Gasteiger partial charge in [0.15, 0.2) is 0 Å². The number of esters is 1. The number of hydrogen-bond donors (Lipinski definition) is 0. The summed E-state index contributed by atoms with van der Waals surface area (Å²) in [5, 5.41) is 6.44. The number of hydrogen-bond acceptors (Lipinski definition) is 9. The molecule has 0 bridgehead atoms. The van der Waals surface area contributed by atoms with Crippen LogP contribution in [-0.4, -0.2) is 38.6 Å². The van der Waals surface area contributed by atoms with Crippen LogP contribution in [0.15, 0.2) is 81.3 Å². The van der Waals surface area contributed by atoms with Gasteiger partial charge in [-0.25, -0.2) is 9.59 Å². The molecule has 0 spiro atoms. The van der Waals surface area contributed by atoms with Gasteiger partial charge in [0.2, 0.25) is 5.82 Å². The number of carbonyl (C=O) groups excluding carboxylic acids is 1. The second-order valence-electron chi connectivity index (χ2n) is 8.22. The van der Waals surface area contributed by atoms with Crippen LogP contribution in [0.4, 0.5) is 0 Å². The standard InChI is InChI=1S/C27H23N5O6/c1-3-36-25(33)21-10-7-11-22-23(21)31(26(28-22)37-4-2)16-17-12-14-18(15-13-17)19-8-5-6-9-20(19)24-29-38-27(34)32(24)30-35/h5-15H,3-4,16H2,1-2H3. The number of aromatic nitrogens is 4. The molecule has 11 heteroatoms. The second kappa shape index (κ2) is 10.5. The van der Waals surface area contributed by atoms with Crippen molar-refractivity contribution in [1.29, 1.82) is 0 Å². The van der Waals surface area contributed by atoms with Gasteiger partial charge in [-0.1, -0.05) is 59.8 Å². The van der Waals surface area contributed by atoms with Crippen molar-refractivity contribution in [3.8, 4) is 28.5 Å². The highest BCUT2D eigenvalue weighted by Gasteiger charge is 2.21. The number of nitroso groups, excluding NO2 is 1. The Bertz CT molecular complexity index is 1680. The van der Waals surface area contributed by atoms with Crippen LogP contribution in [0.3, 0.4) is 0 Å². The summed E-state index contributed by atoms with van der Waals surface area (Å²) < 4.78 is 18.1. The Morgan fingerprint density at radius 3 is 2.45 bits per heavy atom. The fraction of sp³-hybridized carbons (Fsp3) is 0.185. The number of ether oxygens (including phenoxy) is 2. The molecule has 38 heavy (non-hydrogen) atoms. The molecule has 0 amide bonds. The average Bonchev–Trinajstić information content (AvgIpc) is 3.48. The van der Waals surface area contributed by atoms with Crippen molar-refractivity contribution in [2.24, 2.45) is 5.29 Å². The summed E-state index contributed by atoms with van der Waals surface area (Å²) in [5.74, 6) is -1.37. The van der Waals surface area contributed by atoms with Gasteiger partial charge in [0.25, 0.3) is 6.01 Å². The van der Waals surface area contributed by atoms with E-state index >= 15 is 0 Å². The van der Waals surface area contributed by atoms with Gasteiger partial charge >= 0.3 is 11.7 Å². The van der Waals surface area contributed by atoms with Crippen molar-refractivity contribution >= 4 is 17.0 Å². The van der Waals surface area contributed by atoms with Gasteiger partial charge in [0.1, 0.15) is 0 Å². The Morgan fingerprint density at radius 2 is 1.74 bits per heavy atom. The Balaban J connectivity index is 1.53. The number of imidazole rings is 1. The van der Waals surface area contributed by atoms with E-state index in [1.807, 2.05) is 54.0 Å². The van der Waals surface area contributed by atoms with Gasteiger partial charge in [0.05, 0.1) is 41.6 Å². The minimum atomic E-state index is -0.958. The largest absolute Gasteiger partial charge is 0.465 e. The lowest BCUT2D eigenvalue weighted by Crippen LogP contribution is -2.10. The lowest BCUT2D eigenvalue weighted by molar-refractivity contribution is 0.0528. The third-order valence-corrected chi connectivity index (χ3v) is 5.94. The minimum absolute atomic E-state index is 0.0161. The van der Waals surface area contributed by atoms with E-state index < -0.39 is 11.7 Å². The monoisotopic (exact) mass is 513 g/mol. The Kier molecular flexibility index (Phi) is 6.81. The summed E-state index contributed by atoms with van der Waals surface area (Å²) in [6.45, 7) is 4.70. The topological polar surface area (TPSA) is 131 Å². The van der Waals surface area contributed by atoms with E-state index in [4.69, 9.17) is 9.47 Å². The number of para-hydroxylation sites is 1.